The number of nitrogens with one attached hydrogen (secondary N) is 1. The summed E-state index contributed by atoms with van der Waals surface area (Å²) < 4.78 is 7.19. The number of ketones is 1. The minimum atomic E-state index is -0.297. The van der Waals surface area contributed by atoms with Crippen LogP contribution >= 0.6 is 11.8 Å². The maximum Gasteiger partial charge on any atom is 0.227 e. The molecule has 0 bridgehead atoms. The van der Waals surface area contributed by atoms with Gasteiger partial charge in [0.25, 0.3) is 0 Å². The zero-order chi connectivity index (χ0) is 22.3. The molecule has 1 aliphatic heterocycles. The van der Waals surface area contributed by atoms with Crippen LogP contribution in [0, 0.1) is 5.41 Å². The van der Waals surface area contributed by atoms with Crippen molar-refractivity contribution in [3.8, 4) is 5.75 Å². The summed E-state index contributed by atoms with van der Waals surface area (Å²) in [5.41, 5.74) is 3.90. The van der Waals surface area contributed by atoms with Crippen LogP contribution in [-0.4, -0.2) is 27.7 Å². The van der Waals surface area contributed by atoms with Gasteiger partial charge in [0.2, 0.25) is 11.1 Å². The molecule has 164 valence electrons. The summed E-state index contributed by atoms with van der Waals surface area (Å²) >= 11 is 1.60. The molecule has 0 fully saturated rings. The van der Waals surface area contributed by atoms with E-state index in [1.807, 2.05) is 47.1 Å². The van der Waals surface area contributed by atoms with Gasteiger partial charge < -0.3 is 10.1 Å². The molecule has 3 aromatic rings. The number of thioether (sulfide) groups is 1. The second-order valence-electron chi connectivity index (χ2n) is 9.07. The highest BCUT2D eigenvalue weighted by Gasteiger charge is 2.41. The van der Waals surface area contributed by atoms with Crippen molar-refractivity contribution in [1.82, 2.24) is 14.8 Å². The smallest absolute Gasteiger partial charge is 0.227 e. The van der Waals surface area contributed by atoms with Crippen LogP contribution in [0.5, 0.6) is 5.75 Å². The quantitative estimate of drug-likeness (QED) is 0.541. The molecule has 2 heterocycles. The summed E-state index contributed by atoms with van der Waals surface area (Å²) in [5.74, 6) is 2.43. The molecule has 7 heteroatoms. The zero-order valence-electron chi connectivity index (χ0n) is 18.5. The Morgan fingerprint density at radius 1 is 1.12 bits per heavy atom. The average Bonchev–Trinajstić information content (AvgIpc) is 3.19. The Morgan fingerprint density at radius 3 is 2.59 bits per heavy atom. The molecule has 0 saturated carbocycles. The Kier molecular flexibility index (Phi) is 5.29. The number of allylic oxidation sites excluding steroid dienone is 2. The molecule has 5 rings (SSSR count). The number of aromatic nitrogens is 3. The summed E-state index contributed by atoms with van der Waals surface area (Å²) in [6.45, 7) is 4.28. The lowest BCUT2D eigenvalue weighted by Crippen LogP contribution is -2.36. The van der Waals surface area contributed by atoms with Gasteiger partial charge in [0.15, 0.2) is 5.78 Å². The molecular formula is C25H26N4O2S. The third kappa shape index (κ3) is 3.93. The predicted molar refractivity (Wildman–Crippen MR) is 126 cm³/mol. The number of anilines is 1. The van der Waals surface area contributed by atoms with Crippen molar-refractivity contribution in [2.75, 3.05) is 12.4 Å². The number of rotatable bonds is 5. The number of hydrogen-bond donors (Lipinski definition) is 1. The Hall–Kier alpha value is -3.06. The lowest BCUT2D eigenvalue weighted by molar-refractivity contribution is -0.118. The Bertz CT molecular complexity index is 1180. The van der Waals surface area contributed by atoms with Gasteiger partial charge in [-0.3, -0.25) is 4.79 Å². The van der Waals surface area contributed by atoms with Crippen molar-refractivity contribution in [2.24, 2.45) is 5.41 Å². The zero-order valence-corrected chi connectivity index (χ0v) is 19.3. The molecule has 0 radical (unpaired) electrons. The van der Waals surface area contributed by atoms with Crippen LogP contribution in [0.1, 0.15) is 43.9 Å². The number of benzene rings is 2. The van der Waals surface area contributed by atoms with E-state index in [9.17, 15) is 4.79 Å². The number of carbonyl (C=O) groups is 1. The highest BCUT2D eigenvalue weighted by molar-refractivity contribution is 7.98. The summed E-state index contributed by atoms with van der Waals surface area (Å²) in [7, 11) is 1.65. The van der Waals surface area contributed by atoms with Gasteiger partial charge in [-0.25, -0.2) is 4.68 Å². The van der Waals surface area contributed by atoms with Gasteiger partial charge in [-0.05, 0) is 35.1 Å². The molecule has 0 unspecified atom stereocenters. The first-order valence-corrected chi connectivity index (χ1v) is 11.7. The van der Waals surface area contributed by atoms with Crippen molar-refractivity contribution in [3.05, 3.63) is 77.0 Å². The van der Waals surface area contributed by atoms with Crippen LogP contribution in [0.25, 0.3) is 0 Å². The fourth-order valence-electron chi connectivity index (χ4n) is 4.47. The summed E-state index contributed by atoms with van der Waals surface area (Å²) in [5, 5.41) is 8.95. The Balaban J connectivity index is 1.53. The molecule has 1 atom stereocenters. The van der Waals surface area contributed by atoms with E-state index in [0.717, 1.165) is 34.8 Å². The van der Waals surface area contributed by atoms with E-state index in [1.165, 1.54) is 5.56 Å². The normalized spacial score (nSPS) is 19.2. The monoisotopic (exact) mass is 446 g/mol. The van der Waals surface area contributed by atoms with Gasteiger partial charge in [0.1, 0.15) is 11.8 Å². The number of hydrogen-bond acceptors (Lipinski definition) is 6. The lowest BCUT2D eigenvalue weighted by Gasteiger charge is -2.38. The van der Waals surface area contributed by atoms with Crippen LogP contribution in [-0.2, 0) is 10.5 Å². The third-order valence-electron chi connectivity index (χ3n) is 5.95. The first-order chi connectivity index (χ1) is 15.4. The average molecular weight is 447 g/mol. The molecule has 0 spiro atoms. The van der Waals surface area contributed by atoms with Gasteiger partial charge in [-0.15, -0.1) is 5.10 Å². The molecule has 2 aromatic carbocycles. The Labute approximate surface area is 192 Å². The molecular weight excluding hydrogens is 420 g/mol. The Morgan fingerprint density at radius 2 is 1.88 bits per heavy atom. The van der Waals surface area contributed by atoms with E-state index in [-0.39, 0.29) is 17.2 Å². The summed E-state index contributed by atoms with van der Waals surface area (Å²) in [6.07, 6.45) is 1.33. The van der Waals surface area contributed by atoms with Gasteiger partial charge in [-0.1, -0.05) is 68.1 Å². The van der Waals surface area contributed by atoms with E-state index in [2.05, 4.69) is 31.3 Å². The fourth-order valence-corrected chi connectivity index (χ4v) is 5.25. The highest BCUT2D eigenvalue weighted by atomic mass is 32.2. The van der Waals surface area contributed by atoms with E-state index in [0.29, 0.717) is 17.5 Å². The first-order valence-electron chi connectivity index (χ1n) is 10.7. The maximum atomic E-state index is 13.3. The summed E-state index contributed by atoms with van der Waals surface area (Å²) in [4.78, 5) is 18.1. The van der Waals surface area contributed by atoms with Crippen LogP contribution in [0.3, 0.4) is 0 Å². The van der Waals surface area contributed by atoms with Crippen molar-refractivity contribution < 1.29 is 9.53 Å². The number of methoxy groups -OCH3 is 1. The number of Topliss-reactive ketones (excluding diaryl/α,β-unsaturated/α-hetero) is 1. The molecule has 1 aliphatic carbocycles. The van der Waals surface area contributed by atoms with E-state index < -0.39 is 0 Å². The van der Waals surface area contributed by atoms with Crippen molar-refractivity contribution >= 4 is 23.5 Å². The molecule has 0 amide bonds. The van der Waals surface area contributed by atoms with Crippen LogP contribution in [0.4, 0.5) is 5.95 Å². The maximum absolute atomic E-state index is 13.3. The largest absolute Gasteiger partial charge is 0.497 e. The van der Waals surface area contributed by atoms with Crippen LogP contribution < -0.4 is 10.1 Å². The fraction of sp³-hybridized carbons (Fsp3) is 0.320. The first kappa shape index (κ1) is 20.8. The topological polar surface area (TPSA) is 69.0 Å². The van der Waals surface area contributed by atoms with Crippen LogP contribution in [0.15, 0.2) is 71.0 Å². The highest BCUT2D eigenvalue weighted by Crippen LogP contribution is 2.45. The third-order valence-corrected chi connectivity index (χ3v) is 6.86. The van der Waals surface area contributed by atoms with E-state index >= 15 is 0 Å². The van der Waals surface area contributed by atoms with Crippen molar-refractivity contribution in [2.45, 2.75) is 43.6 Å². The number of nitrogens with zero attached hydrogens (tertiary/aromatic N) is 3. The predicted octanol–water partition coefficient (Wildman–Crippen LogP) is 5.24. The number of carbonyl (C=O) groups excluding carboxylic acids is 1. The minimum absolute atomic E-state index is 0.0829. The van der Waals surface area contributed by atoms with Gasteiger partial charge in [0, 0.05) is 23.4 Å². The lowest BCUT2D eigenvalue weighted by atomic mass is 9.73. The molecule has 0 saturated heterocycles. The second-order valence-corrected chi connectivity index (χ2v) is 10.0. The van der Waals surface area contributed by atoms with Crippen molar-refractivity contribution in [1.29, 1.82) is 0 Å². The molecule has 1 N–H and O–H groups in total. The molecule has 1 aromatic heterocycles. The SMILES string of the molecule is COc1ccc([C@@H]2C3=C(CC(C)(C)CC3=O)Nc3nc(SCc4ccccc4)nn32)cc1. The standard InChI is InChI=1S/C25H26N4O2S/c1-25(2)13-19-21(20(30)14-25)22(17-9-11-18(31-3)12-10-17)29-23(26-19)27-24(28-29)32-15-16-7-5-4-6-8-16/h4-12,22H,13-15H2,1-3H3,(H,26,27,28)/t22-/m1/s1. The summed E-state index contributed by atoms with van der Waals surface area (Å²) in [6, 6.07) is 17.9. The second kappa shape index (κ2) is 8.13. The minimum Gasteiger partial charge on any atom is -0.497 e. The van der Waals surface area contributed by atoms with Gasteiger partial charge >= 0.3 is 0 Å². The van der Waals surface area contributed by atoms with Gasteiger partial charge in [-0.2, -0.15) is 4.98 Å². The molecule has 6 nitrogen and oxygen atoms in total. The van der Waals surface area contributed by atoms with E-state index in [1.54, 1.807) is 18.9 Å². The van der Waals surface area contributed by atoms with Crippen molar-refractivity contribution in [3.63, 3.8) is 0 Å². The molecule has 32 heavy (non-hydrogen) atoms. The van der Waals surface area contributed by atoms with Crippen LogP contribution in [0.2, 0.25) is 0 Å². The number of fused-ring (bicyclic) bond motifs is 1. The number of ether oxygens (including phenoxy) is 1. The van der Waals surface area contributed by atoms with E-state index in [4.69, 9.17) is 14.8 Å². The molecule has 2 aliphatic rings. The van der Waals surface area contributed by atoms with Gasteiger partial charge in [0.05, 0.1) is 7.11 Å².